The van der Waals surface area contributed by atoms with Crippen LogP contribution in [0.25, 0.3) is 0 Å². The smallest absolute Gasteiger partial charge is 0.207 e. The van der Waals surface area contributed by atoms with Gasteiger partial charge in [-0.15, -0.1) is 0 Å². The summed E-state index contributed by atoms with van der Waals surface area (Å²) in [5.41, 5.74) is 0. The highest BCUT2D eigenvalue weighted by molar-refractivity contribution is 5.45. The van der Waals surface area contributed by atoms with Gasteiger partial charge < -0.3 is 5.32 Å². The Balaban J connectivity index is 3.14. The van der Waals surface area contributed by atoms with Gasteiger partial charge in [0.1, 0.15) is 0 Å². The van der Waals surface area contributed by atoms with E-state index in [-0.39, 0.29) is 5.92 Å². The van der Waals surface area contributed by atoms with Crippen molar-refractivity contribution in [1.29, 1.82) is 5.26 Å². The Labute approximate surface area is 48.3 Å². The summed E-state index contributed by atoms with van der Waals surface area (Å²) in [5.74, 6) is -0.0831. The summed E-state index contributed by atoms with van der Waals surface area (Å²) < 4.78 is 0. The molecule has 0 radical (unpaired) electrons. The van der Waals surface area contributed by atoms with Crippen molar-refractivity contribution in [2.45, 2.75) is 6.92 Å². The first kappa shape index (κ1) is 6.96. The molecule has 1 atom stereocenters. The van der Waals surface area contributed by atoms with Crippen molar-refractivity contribution in [3.8, 4) is 6.07 Å². The monoisotopic (exact) mass is 112 g/mol. The van der Waals surface area contributed by atoms with Crippen LogP contribution < -0.4 is 5.32 Å². The van der Waals surface area contributed by atoms with Crippen molar-refractivity contribution in [3.63, 3.8) is 0 Å². The molecule has 1 unspecified atom stereocenters. The third-order valence-electron chi connectivity index (χ3n) is 0.728. The van der Waals surface area contributed by atoms with Crippen LogP contribution >= 0.6 is 0 Å². The minimum Gasteiger partial charge on any atom is -0.357 e. The van der Waals surface area contributed by atoms with E-state index in [1.54, 1.807) is 6.92 Å². The minimum atomic E-state index is -0.0831. The second kappa shape index (κ2) is 4.13. The van der Waals surface area contributed by atoms with Crippen LogP contribution in [0, 0.1) is 17.2 Å². The van der Waals surface area contributed by atoms with Crippen LogP contribution in [0.4, 0.5) is 0 Å². The van der Waals surface area contributed by atoms with E-state index in [2.05, 4.69) is 5.32 Å². The van der Waals surface area contributed by atoms with Crippen LogP contribution in [0.5, 0.6) is 0 Å². The van der Waals surface area contributed by atoms with E-state index < -0.39 is 0 Å². The van der Waals surface area contributed by atoms with Crippen LogP contribution in [0.3, 0.4) is 0 Å². The molecule has 0 aromatic carbocycles. The topological polar surface area (TPSA) is 52.9 Å². The van der Waals surface area contributed by atoms with E-state index in [0.29, 0.717) is 13.0 Å². The summed E-state index contributed by atoms with van der Waals surface area (Å²) in [6.45, 7) is 2.19. The molecule has 1 amide bonds. The summed E-state index contributed by atoms with van der Waals surface area (Å²) in [5, 5.41) is 10.6. The summed E-state index contributed by atoms with van der Waals surface area (Å²) in [4.78, 5) is 9.60. The first-order valence-corrected chi connectivity index (χ1v) is 2.38. The lowest BCUT2D eigenvalue weighted by atomic mass is 10.2. The maximum Gasteiger partial charge on any atom is 0.207 e. The van der Waals surface area contributed by atoms with E-state index in [1.807, 2.05) is 6.07 Å². The zero-order valence-electron chi connectivity index (χ0n) is 4.72. The summed E-state index contributed by atoms with van der Waals surface area (Å²) in [7, 11) is 0. The van der Waals surface area contributed by atoms with Crippen LogP contribution in [0.15, 0.2) is 0 Å². The van der Waals surface area contributed by atoms with Gasteiger partial charge >= 0.3 is 0 Å². The average molecular weight is 112 g/mol. The van der Waals surface area contributed by atoms with Crippen molar-refractivity contribution in [1.82, 2.24) is 5.32 Å². The molecule has 0 saturated heterocycles. The quantitative estimate of drug-likeness (QED) is 0.518. The standard InChI is InChI=1S/C5H8N2O/c1-5(2-6)3-7-4-8/h4-5H,3H2,1H3,(H,7,8). The third kappa shape index (κ3) is 3.16. The molecule has 0 aliphatic heterocycles. The Morgan fingerprint density at radius 1 is 2.00 bits per heavy atom. The molecule has 1 N–H and O–H groups in total. The van der Waals surface area contributed by atoms with Crippen molar-refractivity contribution in [3.05, 3.63) is 0 Å². The van der Waals surface area contributed by atoms with Crippen LogP contribution in [-0.2, 0) is 4.79 Å². The molecule has 0 heterocycles. The van der Waals surface area contributed by atoms with Gasteiger partial charge in [0.2, 0.25) is 6.41 Å². The van der Waals surface area contributed by atoms with Gasteiger partial charge in [-0.05, 0) is 6.92 Å². The van der Waals surface area contributed by atoms with Gasteiger partial charge in [-0.1, -0.05) is 0 Å². The van der Waals surface area contributed by atoms with Crippen molar-refractivity contribution in [2.75, 3.05) is 6.54 Å². The van der Waals surface area contributed by atoms with Crippen molar-refractivity contribution in [2.24, 2.45) is 5.92 Å². The number of rotatable bonds is 3. The number of amides is 1. The number of nitrogens with one attached hydrogen (secondary N) is 1. The predicted octanol–water partition coefficient (Wildman–Crippen LogP) is -0.108. The predicted molar refractivity (Wildman–Crippen MR) is 28.8 cm³/mol. The molecule has 3 nitrogen and oxygen atoms in total. The molecule has 0 aliphatic carbocycles. The summed E-state index contributed by atoms with van der Waals surface area (Å²) in [6.07, 6.45) is 0.591. The molecule has 0 bridgehead atoms. The fourth-order valence-electron chi connectivity index (χ4n) is 0.271. The van der Waals surface area contributed by atoms with Gasteiger partial charge in [0, 0.05) is 6.54 Å². The molecule has 0 aromatic rings. The lowest BCUT2D eigenvalue weighted by Crippen LogP contribution is -2.17. The average Bonchev–Trinajstić information content (AvgIpc) is 1.83. The van der Waals surface area contributed by atoms with Gasteiger partial charge in [0.05, 0.1) is 12.0 Å². The van der Waals surface area contributed by atoms with E-state index in [1.165, 1.54) is 0 Å². The Hall–Kier alpha value is -1.04. The first-order chi connectivity index (χ1) is 3.81. The molecular formula is C5H8N2O. The highest BCUT2D eigenvalue weighted by atomic mass is 16.1. The second-order valence-electron chi connectivity index (χ2n) is 1.56. The molecule has 44 valence electrons. The lowest BCUT2D eigenvalue weighted by Gasteiger charge is -1.96. The van der Waals surface area contributed by atoms with Crippen molar-refractivity contribution < 1.29 is 4.79 Å². The van der Waals surface area contributed by atoms with E-state index in [0.717, 1.165) is 0 Å². The van der Waals surface area contributed by atoms with Gasteiger partial charge in [-0.3, -0.25) is 4.79 Å². The molecule has 3 heteroatoms. The molecule has 0 fully saturated rings. The zero-order valence-corrected chi connectivity index (χ0v) is 4.72. The molecule has 8 heavy (non-hydrogen) atoms. The number of nitrogens with zero attached hydrogens (tertiary/aromatic N) is 1. The Morgan fingerprint density at radius 3 is 3.00 bits per heavy atom. The Kier molecular flexibility index (Phi) is 3.59. The molecule has 0 saturated carbocycles. The maximum atomic E-state index is 9.60. The summed E-state index contributed by atoms with van der Waals surface area (Å²) >= 11 is 0. The fourth-order valence-corrected chi connectivity index (χ4v) is 0.271. The normalized spacial score (nSPS) is 11.5. The van der Waals surface area contributed by atoms with Gasteiger partial charge in [-0.25, -0.2) is 0 Å². The van der Waals surface area contributed by atoms with Gasteiger partial charge in [-0.2, -0.15) is 5.26 Å². The van der Waals surface area contributed by atoms with E-state index in [4.69, 9.17) is 5.26 Å². The van der Waals surface area contributed by atoms with Crippen molar-refractivity contribution >= 4 is 6.41 Å². The zero-order chi connectivity index (χ0) is 6.41. The fraction of sp³-hybridized carbons (Fsp3) is 0.600. The maximum absolute atomic E-state index is 9.60. The number of carbonyl (C=O) groups is 1. The highest BCUT2D eigenvalue weighted by Crippen LogP contribution is 1.84. The van der Waals surface area contributed by atoms with Crippen LogP contribution in [-0.4, -0.2) is 13.0 Å². The number of carbonyl (C=O) groups excluding carboxylic acids is 1. The van der Waals surface area contributed by atoms with E-state index >= 15 is 0 Å². The molecule has 0 spiro atoms. The Morgan fingerprint density at radius 2 is 2.62 bits per heavy atom. The number of hydrogen-bond acceptors (Lipinski definition) is 2. The SMILES string of the molecule is CC(C#N)CNC=O. The lowest BCUT2D eigenvalue weighted by molar-refractivity contribution is -0.109. The van der Waals surface area contributed by atoms with E-state index in [9.17, 15) is 4.79 Å². The molecule has 0 aliphatic rings. The number of nitriles is 1. The molecular weight excluding hydrogens is 104 g/mol. The minimum absolute atomic E-state index is 0.0831. The summed E-state index contributed by atoms with van der Waals surface area (Å²) in [6, 6.07) is 1.98. The van der Waals surface area contributed by atoms with Gasteiger partial charge in [0.25, 0.3) is 0 Å². The molecule has 0 rings (SSSR count). The Bertz CT molecular complexity index is 105. The van der Waals surface area contributed by atoms with Gasteiger partial charge in [0.15, 0.2) is 0 Å². The van der Waals surface area contributed by atoms with Crippen LogP contribution in [0.2, 0.25) is 0 Å². The third-order valence-corrected chi connectivity index (χ3v) is 0.728. The molecule has 0 aromatic heterocycles. The highest BCUT2D eigenvalue weighted by Gasteiger charge is 1.93. The number of hydrogen-bond donors (Lipinski definition) is 1. The first-order valence-electron chi connectivity index (χ1n) is 2.38. The second-order valence-corrected chi connectivity index (χ2v) is 1.56. The largest absolute Gasteiger partial charge is 0.357 e. The van der Waals surface area contributed by atoms with Crippen LogP contribution in [0.1, 0.15) is 6.92 Å².